The first kappa shape index (κ1) is 23.0. The van der Waals surface area contributed by atoms with Crippen LogP contribution in [0.15, 0.2) is 38.8 Å². The lowest BCUT2D eigenvalue weighted by Crippen LogP contribution is -2.35. The van der Waals surface area contributed by atoms with Crippen LogP contribution in [-0.2, 0) is 0 Å². The first-order valence-corrected chi connectivity index (χ1v) is 13.3. The molecule has 1 saturated heterocycles. The SMILES string of the molecule is CSNc1ccc(N=C/C(=N\N)c2ccc(C(=O)C3CCCC3)o2)c(N2CCC3(CC2)CC3)n1. The number of carbonyl (C=O) groups excluding carboxylic acids is 1. The number of anilines is 2. The van der Waals surface area contributed by atoms with Crippen LogP contribution in [0.5, 0.6) is 0 Å². The second-order valence-corrected chi connectivity index (χ2v) is 10.2. The Morgan fingerprint density at radius 1 is 1.18 bits per heavy atom. The highest BCUT2D eigenvalue weighted by molar-refractivity contribution is 7.99. The van der Waals surface area contributed by atoms with Crippen molar-refractivity contribution in [3.05, 3.63) is 35.8 Å². The fourth-order valence-corrected chi connectivity index (χ4v) is 5.42. The van der Waals surface area contributed by atoms with E-state index in [1.807, 2.05) is 18.4 Å². The van der Waals surface area contributed by atoms with Crippen LogP contribution in [0, 0.1) is 11.3 Å². The second-order valence-electron chi connectivity index (χ2n) is 9.61. The molecule has 2 aromatic rings. The molecule has 0 aromatic carbocycles. The van der Waals surface area contributed by atoms with E-state index >= 15 is 0 Å². The van der Waals surface area contributed by atoms with Crippen molar-refractivity contribution in [2.45, 2.75) is 51.4 Å². The smallest absolute Gasteiger partial charge is 0.201 e. The summed E-state index contributed by atoms with van der Waals surface area (Å²) in [5.41, 5.74) is 1.73. The fourth-order valence-electron chi connectivity index (χ4n) is 5.09. The molecule has 0 bridgehead atoms. The van der Waals surface area contributed by atoms with Gasteiger partial charge in [0, 0.05) is 25.3 Å². The van der Waals surface area contributed by atoms with Crippen molar-refractivity contribution in [1.82, 2.24) is 4.98 Å². The molecule has 1 aliphatic heterocycles. The topological polar surface area (TPSA) is 109 Å². The monoisotopic (exact) mass is 480 g/mol. The Bertz CT molecular complexity index is 1090. The van der Waals surface area contributed by atoms with Gasteiger partial charge in [0.05, 0.1) is 6.21 Å². The number of nitrogens with two attached hydrogens (primary N) is 1. The van der Waals surface area contributed by atoms with Crippen LogP contribution in [0.2, 0.25) is 0 Å². The van der Waals surface area contributed by atoms with Gasteiger partial charge in [-0.15, -0.1) is 0 Å². The molecule has 2 aliphatic carbocycles. The molecular formula is C25H32N6O2S. The maximum absolute atomic E-state index is 12.7. The number of furan rings is 1. The lowest BCUT2D eigenvalue weighted by Gasteiger charge is -2.33. The molecule has 3 N–H and O–H groups in total. The predicted molar refractivity (Wildman–Crippen MR) is 138 cm³/mol. The summed E-state index contributed by atoms with van der Waals surface area (Å²) in [6.45, 7) is 1.97. The van der Waals surface area contributed by atoms with Crippen LogP contribution < -0.4 is 15.5 Å². The summed E-state index contributed by atoms with van der Waals surface area (Å²) in [5.74, 6) is 8.28. The Balaban J connectivity index is 1.35. The number of carbonyl (C=O) groups is 1. The molecule has 3 aliphatic rings. The number of rotatable bonds is 8. The molecule has 34 heavy (non-hydrogen) atoms. The minimum Gasteiger partial charge on any atom is -0.451 e. The van der Waals surface area contributed by atoms with Gasteiger partial charge >= 0.3 is 0 Å². The van der Waals surface area contributed by atoms with Crippen LogP contribution >= 0.6 is 11.9 Å². The van der Waals surface area contributed by atoms with Crippen LogP contribution in [0.1, 0.15) is 67.7 Å². The third-order valence-corrected chi connectivity index (χ3v) is 7.85. The van der Waals surface area contributed by atoms with Gasteiger partial charge in [0.2, 0.25) is 5.78 Å². The highest BCUT2D eigenvalue weighted by Crippen LogP contribution is 2.54. The van der Waals surface area contributed by atoms with E-state index in [4.69, 9.17) is 20.2 Å². The Labute approximate surface area is 204 Å². The van der Waals surface area contributed by atoms with Gasteiger partial charge in [0.15, 0.2) is 17.3 Å². The number of aliphatic imine (C=N–C) groups is 1. The number of hydrogen-bond donors (Lipinski definition) is 2. The molecule has 2 saturated carbocycles. The number of aromatic nitrogens is 1. The van der Waals surface area contributed by atoms with E-state index in [0.29, 0.717) is 22.6 Å². The van der Waals surface area contributed by atoms with E-state index in [0.717, 1.165) is 56.1 Å². The summed E-state index contributed by atoms with van der Waals surface area (Å²) >= 11 is 1.51. The molecular weight excluding hydrogens is 448 g/mol. The summed E-state index contributed by atoms with van der Waals surface area (Å²) in [6.07, 6.45) is 12.8. The van der Waals surface area contributed by atoms with Crippen molar-refractivity contribution in [2.24, 2.45) is 27.3 Å². The third-order valence-electron chi connectivity index (χ3n) is 7.43. The predicted octanol–water partition coefficient (Wildman–Crippen LogP) is 5.18. The average molecular weight is 481 g/mol. The van der Waals surface area contributed by atoms with E-state index in [-0.39, 0.29) is 11.7 Å². The average Bonchev–Trinajstić information content (AvgIpc) is 3.25. The molecule has 2 aromatic heterocycles. The van der Waals surface area contributed by atoms with Gasteiger partial charge in [-0.2, -0.15) is 5.10 Å². The summed E-state index contributed by atoms with van der Waals surface area (Å²) in [5, 5.41) is 3.87. The fraction of sp³-hybridized carbons (Fsp3) is 0.520. The summed E-state index contributed by atoms with van der Waals surface area (Å²) in [7, 11) is 0. The zero-order valence-corrected chi connectivity index (χ0v) is 20.4. The van der Waals surface area contributed by atoms with Crippen molar-refractivity contribution in [2.75, 3.05) is 29.0 Å². The summed E-state index contributed by atoms with van der Waals surface area (Å²) in [4.78, 5) is 24.5. The van der Waals surface area contributed by atoms with E-state index in [1.54, 1.807) is 18.3 Å². The largest absolute Gasteiger partial charge is 0.451 e. The third kappa shape index (κ3) is 4.85. The lowest BCUT2D eigenvalue weighted by molar-refractivity contribution is 0.0894. The lowest BCUT2D eigenvalue weighted by atomic mass is 9.94. The molecule has 3 heterocycles. The number of piperidine rings is 1. The Morgan fingerprint density at radius 2 is 1.91 bits per heavy atom. The van der Waals surface area contributed by atoms with Crippen LogP contribution in [0.25, 0.3) is 0 Å². The van der Waals surface area contributed by atoms with E-state index in [2.05, 4.69) is 14.7 Å². The number of hydrazone groups is 1. The van der Waals surface area contributed by atoms with Crippen LogP contribution in [0.3, 0.4) is 0 Å². The zero-order valence-electron chi connectivity index (χ0n) is 19.6. The standard InChI is InChI=1S/C25H32N6O2S/c1-34-30-22-9-6-18(24(28-22)31-14-12-25(10-11-25)13-15-31)27-16-19(29-26)20-7-8-21(33-20)23(32)17-4-2-3-5-17/h6-9,16-17H,2-5,10-15,26H2,1H3,(H,28,30)/b27-16?,29-19+. The van der Waals surface area contributed by atoms with Gasteiger partial charge in [-0.05, 0) is 68.2 Å². The Kier molecular flexibility index (Phi) is 6.63. The molecule has 0 atom stereocenters. The first-order chi connectivity index (χ1) is 16.6. The van der Waals surface area contributed by atoms with Gasteiger partial charge in [0.1, 0.15) is 17.2 Å². The van der Waals surface area contributed by atoms with Crippen molar-refractivity contribution in [3.63, 3.8) is 0 Å². The van der Waals surface area contributed by atoms with Gasteiger partial charge in [-0.25, -0.2) is 4.98 Å². The molecule has 9 heteroatoms. The minimum absolute atomic E-state index is 0.0623. The molecule has 180 valence electrons. The van der Waals surface area contributed by atoms with Gasteiger partial charge in [0.25, 0.3) is 0 Å². The minimum atomic E-state index is 0.0623. The Hall–Kier alpha value is -2.81. The van der Waals surface area contributed by atoms with E-state index in [1.165, 1.54) is 37.6 Å². The summed E-state index contributed by atoms with van der Waals surface area (Å²) < 4.78 is 9.05. The summed E-state index contributed by atoms with van der Waals surface area (Å²) in [6, 6.07) is 7.34. The van der Waals surface area contributed by atoms with Crippen molar-refractivity contribution >= 4 is 47.0 Å². The maximum atomic E-state index is 12.7. The van der Waals surface area contributed by atoms with Gasteiger partial charge in [-0.3, -0.25) is 9.79 Å². The van der Waals surface area contributed by atoms with Crippen molar-refractivity contribution in [1.29, 1.82) is 0 Å². The number of pyridine rings is 1. The highest BCUT2D eigenvalue weighted by Gasteiger charge is 2.44. The van der Waals surface area contributed by atoms with Crippen LogP contribution in [-0.4, -0.2) is 42.0 Å². The quantitative estimate of drug-likeness (QED) is 0.176. The number of ketones is 1. The van der Waals surface area contributed by atoms with Gasteiger partial charge in [-0.1, -0.05) is 24.8 Å². The van der Waals surface area contributed by atoms with Crippen molar-refractivity contribution in [3.8, 4) is 0 Å². The number of hydrogen-bond acceptors (Lipinski definition) is 9. The molecule has 5 rings (SSSR count). The molecule has 0 radical (unpaired) electrons. The van der Waals surface area contributed by atoms with Gasteiger partial charge < -0.3 is 19.9 Å². The first-order valence-electron chi connectivity index (χ1n) is 12.1. The number of nitrogens with one attached hydrogen (secondary N) is 1. The normalized spacial score (nSPS) is 20.4. The number of Topliss-reactive ketones (excluding diaryl/α,β-unsaturated/α-hetero) is 1. The van der Waals surface area contributed by atoms with Crippen LogP contribution in [0.4, 0.5) is 17.3 Å². The zero-order chi connectivity index (χ0) is 23.5. The molecule has 3 fully saturated rings. The second kappa shape index (κ2) is 9.82. The highest BCUT2D eigenvalue weighted by atomic mass is 32.2. The molecule has 8 nitrogen and oxygen atoms in total. The Morgan fingerprint density at radius 3 is 2.59 bits per heavy atom. The number of nitrogens with zero attached hydrogens (tertiary/aromatic N) is 4. The molecule has 1 spiro atoms. The molecule has 0 unspecified atom stereocenters. The maximum Gasteiger partial charge on any atom is 0.201 e. The van der Waals surface area contributed by atoms with Crippen molar-refractivity contribution < 1.29 is 9.21 Å². The molecule has 0 amide bonds. The van der Waals surface area contributed by atoms with E-state index in [9.17, 15) is 4.79 Å². The van der Waals surface area contributed by atoms with E-state index < -0.39 is 0 Å².